The SMILES string of the molecule is O=C(NCC(O)c1ccccc1F)c1sc2ccccc2c1Cl. The number of thiophene rings is 1. The van der Waals surface area contributed by atoms with Crippen molar-refractivity contribution < 1.29 is 14.3 Å². The molecule has 3 nitrogen and oxygen atoms in total. The number of fused-ring (bicyclic) bond motifs is 1. The second-order valence-corrected chi connectivity index (χ2v) is 6.42. The minimum Gasteiger partial charge on any atom is -0.386 e. The topological polar surface area (TPSA) is 49.3 Å². The van der Waals surface area contributed by atoms with E-state index < -0.39 is 11.9 Å². The molecule has 0 bridgehead atoms. The van der Waals surface area contributed by atoms with Crippen LogP contribution in [0.1, 0.15) is 21.3 Å². The Morgan fingerprint density at radius 2 is 1.91 bits per heavy atom. The van der Waals surface area contributed by atoms with Crippen LogP contribution < -0.4 is 5.32 Å². The monoisotopic (exact) mass is 349 g/mol. The first kappa shape index (κ1) is 15.9. The summed E-state index contributed by atoms with van der Waals surface area (Å²) in [6, 6.07) is 13.4. The molecule has 0 aliphatic carbocycles. The highest BCUT2D eigenvalue weighted by atomic mass is 35.5. The zero-order chi connectivity index (χ0) is 16.4. The van der Waals surface area contributed by atoms with E-state index in [1.165, 1.54) is 23.5 Å². The Labute approximate surface area is 141 Å². The van der Waals surface area contributed by atoms with Crippen molar-refractivity contribution >= 4 is 38.9 Å². The van der Waals surface area contributed by atoms with E-state index >= 15 is 0 Å². The van der Waals surface area contributed by atoms with E-state index in [0.717, 1.165) is 10.1 Å². The van der Waals surface area contributed by atoms with Crippen LogP contribution in [0.25, 0.3) is 10.1 Å². The van der Waals surface area contributed by atoms with Crippen LogP contribution in [0.5, 0.6) is 0 Å². The molecule has 1 amide bonds. The molecule has 0 radical (unpaired) electrons. The molecule has 3 rings (SSSR count). The van der Waals surface area contributed by atoms with Gasteiger partial charge in [0.1, 0.15) is 10.7 Å². The van der Waals surface area contributed by atoms with Gasteiger partial charge >= 0.3 is 0 Å². The molecule has 0 fully saturated rings. The fourth-order valence-corrected chi connectivity index (χ4v) is 3.72. The first-order chi connectivity index (χ1) is 11.1. The van der Waals surface area contributed by atoms with Gasteiger partial charge in [-0.15, -0.1) is 11.3 Å². The number of benzene rings is 2. The number of aliphatic hydroxyl groups is 1. The van der Waals surface area contributed by atoms with E-state index in [1.807, 2.05) is 24.3 Å². The summed E-state index contributed by atoms with van der Waals surface area (Å²) in [5.41, 5.74) is 0.148. The number of carbonyl (C=O) groups excluding carboxylic acids is 1. The Morgan fingerprint density at radius 1 is 1.22 bits per heavy atom. The summed E-state index contributed by atoms with van der Waals surface area (Å²) in [4.78, 5) is 12.6. The Hall–Kier alpha value is -1.95. The molecule has 118 valence electrons. The number of nitrogens with one attached hydrogen (secondary N) is 1. The summed E-state index contributed by atoms with van der Waals surface area (Å²) in [6.45, 7) is -0.0929. The third-order valence-electron chi connectivity index (χ3n) is 3.46. The third kappa shape index (κ3) is 3.22. The predicted molar refractivity (Wildman–Crippen MR) is 90.5 cm³/mol. The quantitative estimate of drug-likeness (QED) is 0.743. The Balaban J connectivity index is 1.74. The van der Waals surface area contributed by atoms with E-state index in [-0.39, 0.29) is 18.0 Å². The lowest BCUT2D eigenvalue weighted by molar-refractivity contribution is 0.0918. The zero-order valence-electron chi connectivity index (χ0n) is 11.9. The second-order valence-electron chi connectivity index (χ2n) is 4.99. The highest BCUT2D eigenvalue weighted by Gasteiger charge is 2.19. The zero-order valence-corrected chi connectivity index (χ0v) is 13.5. The molecule has 1 unspecified atom stereocenters. The average Bonchev–Trinajstić information content (AvgIpc) is 2.90. The van der Waals surface area contributed by atoms with Crippen LogP contribution in [-0.4, -0.2) is 17.6 Å². The van der Waals surface area contributed by atoms with Gasteiger partial charge in [-0.1, -0.05) is 48.0 Å². The van der Waals surface area contributed by atoms with E-state index in [0.29, 0.717) is 9.90 Å². The first-order valence-corrected chi connectivity index (χ1v) is 8.15. The maximum absolute atomic E-state index is 13.6. The van der Waals surface area contributed by atoms with E-state index in [2.05, 4.69) is 5.32 Å². The van der Waals surface area contributed by atoms with E-state index in [1.54, 1.807) is 12.1 Å². The van der Waals surface area contributed by atoms with Crippen molar-refractivity contribution in [1.82, 2.24) is 5.32 Å². The number of hydrogen-bond acceptors (Lipinski definition) is 3. The highest BCUT2D eigenvalue weighted by molar-refractivity contribution is 7.21. The van der Waals surface area contributed by atoms with Gasteiger partial charge in [0.25, 0.3) is 5.91 Å². The summed E-state index contributed by atoms with van der Waals surface area (Å²) in [5, 5.41) is 13.8. The molecule has 0 saturated heterocycles. The summed E-state index contributed by atoms with van der Waals surface area (Å²) in [6.07, 6.45) is -1.12. The normalized spacial score (nSPS) is 12.3. The fourth-order valence-electron chi connectivity index (χ4n) is 2.29. The van der Waals surface area contributed by atoms with Gasteiger partial charge in [0, 0.05) is 22.2 Å². The maximum Gasteiger partial charge on any atom is 0.263 e. The standard InChI is InChI=1S/C17H13ClFNO2S/c18-15-11-6-2-4-8-14(11)23-16(15)17(22)20-9-13(21)10-5-1-3-7-12(10)19/h1-8,13,21H,9H2,(H,20,22). The summed E-state index contributed by atoms with van der Waals surface area (Å²) >= 11 is 7.52. The lowest BCUT2D eigenvalue weighted by Crippen LogP contribution is -2.28. The smallest absolute Gasteiger partial charge is 0.263 e. The van der Waals surface area contributed by atoms with Gasteiger partial charge in [-0.3, -0.25) is 4.79 Å². The predicted octanol–water partition coefficient (Wildman–Crippen LogP) is 4.16. The molecule has 0 saturated carbocycles. The number of hydrogen-bond donors (Lipinski definition) is 2. The van der Waals surface area contributed by atoms with Crippen molar-refractivity contribution in [2.45, 2.75) is 6.10 Å². The molecule has 6 heteroatoms. The molecular formula is C17H13ClFNO2S. The van der Waals surface area contributed by atoms with Gasteiger partial charge < -0.3 is 10.4 Å². The van der Waals surface area contributed by atoms with Crippen molar-refractivity contribution in [2.24, 2.45) is 0 Å². The van der Waals surface area contributed by atoms with E-state index in [9.17, 15) is 14.3 Å². The fraction of sp³-hybridized carbons (Fsp3) is 0.118. The molecule has 1 atom stereocenters. The van der Waals surface area contributed by atoms with Gasteiger partial charge in [-0.2, -0.15) is 0 Å². The van der Waals surface area contributed by atoms with Crippen LogP contribution in [-0.2, 0) is 0 Å². The van der Waals surface area contributed by atoms with Crippen molar-refractivity contribution in [3.63, 3.8) is 0 Å². The Bertz CT molecular complexity index is 865. The van der Waals surface area contributed by atoms with Gasteiger partial charge in [0.2, 0.25) is 0 Å². The third-order valence-corrected chi connectivity index (χ3v) is 5.14. The number of halogens is 2. The molecule has 1 aromatic heterocycles. The van der Waals surface area contributed by atoms with Gasteiger partial charge in [-0.25, -0.2) is 4.39 Å². The maximum atomic E-state index is 13.6. The molecule has 0 aliphatic rings. The van der Waals surface area contributed by atoms with Gasteiger partial charge in [0.05, 0.1) is 11.1 Å². The number of carbonyl (C=O) groups is 1. The number of amides is 1. The lowest BCUT2D eigenvalue weighted by atomic mass is 10.1. The van der Waals surface area contributed by atoms with Crippen LogP contribution in [0.4, 0.5) is 4.39 Å². The number of aliphatic hydroxyl groups excluding tert-OH is 1. The van der Waals surface area contributed by atoms with Crippen LogP contribution >= 0.6 is 22.9 Å². The molecule has 2 N–H and O–H groups in total. The molecule has 23 heavy (non-hydrogen) atoms. The van der Waals surface area contributed by atoms with Crippen LogP contribution in [0.2, 0.25) is 5.02 Å². The van der Waals surface area contributed by atoms with Crippen molar-refractivity contribution in [3.05, 3.63) is 69.8 Å². The molecule has 1 heterocycles. The van der Waals surface area contributed by atoms with Crippen LogP contribution in [0.3, 0.4) is 0 Å². The van der Waals surface area contributed by atoms with Crippen molar-refractivity contribution in [1.29, 1.82) is 0 Å². The van der Waals surface area contributed by atoms with Crippen molar-refractivity contribution in [3.8, 4) is 0 Å². The summed E-state index contributed by atoms with van der Waals surface area (Å²) in [5.74, 6) is -0.888. The largest absolute Gasteiger partial charge is 0.386 e. The second kappa shape index (κ2) is 6.66. The van der Waals surface area contributed by atoms with Gasteiger partial charge in [-0.05, 0) is 12.1 Å². The molecular weight excluding hydrogens is 337 g/mol. The van der Waals surface area contributed by atoms with Crippen LogP contribution in [0.15, 0.2) is 48.5 Å². The minimum atomic E-state index is -1.12. The summed E-state index contributed by atoms with van der Waals surface area (Å²) in [7, 11) is 0. The van der Waals surface area contributed by atoms with Crippen molar-refractivity contribution in [2.75, 3.05) is 6.54 Å². The molecule has 2 aromatic carbocycles. The molecule has 3 aromatic rings. The minimum absolute atomic E-state index is 0.0929. The molecule has 0 spiro atoms. The first-order valence-electron chi connectivity index (χ1n) is 6.95. The van der Waals surface area contributed by atoms with E-state index in [4.69, 9.17) is 11.6 Å². The molecule has 0 aliphatic heterocycles. The Morgan fingerprint density at radius 3 is 2.65 bits per heavy atom. The number of rotatable bonds is 4. The van der Waals surface area contributed by atoms with Crippen LogP contribution in [0, 0.1) is 5.82 Å². The lowest BCUT2D eigenvalue weighted by Gasteiger charge is -2.12. The van der Waals surface area contributed by atoms with Gasteiger partial charge in [0.15, 0.2) is 0 Å². The average molecular weight is 350 g/mol. The Kier molecular flexibility index (Phi) is 4.61. The highest BCUT2D eigenvalue weighted by Crippen LogP contribution is 2.35. The summed E-state index contributed by atoms with van der Waals surface area (Å²) < 4.78 is 14.5.